The summed E-state index contributed by atoms with van der Waals surface area (Å²) in [7, 11) is 0. The highest BCUT2D eigenvalue weighted by molar-refractivity contribution is 8.00. The monoisotopic (exact) mass is 316 g/mol. The average Bonchev–Trinajstić information content (AvgIpc) is 2.53. The Kier molecular flexibility index (Phi) is 4.54. The highest BCUT2D eigenvalue weighted by Crippen LogP contribution is 2.33. The Morgan fingerprint density at radius 1 is 1.30 bits per heavy atom. The first-order chi connectivity index (χ1) is 9.32. The Labute approximate surface area is 127 Å². The first kappa shape index (κ1) is 15.5. The molecule has 0 atom stereocenters. The molecule has 1 aliphatic heterocycles. The number of anilines is 1. The van der Waals surface area contributed by atoms with E-state index < -0.39 is 11.6 Å². The van der Waals surface area contributed by atoms with Crippen molar-refractivity contribution in [3.8, 4) is 0 Å². The zero-order valence-corrected chi connectivity index (χ0v) is 13.2. The topological polar surface area (TPSA) is 29.3 Å². The van der Waals surface area contributed by atoms with Crippen LogP contribution in [0.1, 0.15) is 25.8 Å². The van der Waals surface area contributed by atoms with Gasteiger partial charge in [-0.25, -0.2) is 8.78 Å². The van der Waals surface area contributed by atoms with Crippen LogP contribution in [0.3, 0.4) is 0 Å². The van der Waals surface area contributed by atoms with Gasteiger partial charge in [-0.3, -0.25) is 0 Å². The molecular weight excluding hydrogens is 298 g/mol. The van der Waals surface area contributed by atoms with E-state index in [1.54, 1.807) is 6.07 Å². The molecule has 0 radical (unpaired) electrons. The molecule has 1 aromatic carbocycles. The van der Waals surface area contributed by atoms with Gasteiger partial charge in [0.25, 0.3) is 0 Å². The molecule has 0 amide bonds. The van der Waals surface area contributed by atoms with Crippen molar-refractivity contribution in [1.82, 2.24) is 0 Å². The molecular formula is C14H18F2N2S2. The number of nitrogens with zero attached hydrogens (tertiary/aromatic N) is 1. The quantitative estimate of drug-likeness (QED) is 0.848. The number of hydrogen-bond donors (Lipinski definition) is 1. The SMILES string of the molecule is CC1(C)CCN(c2ccc(C(N)=S)c(F)c2F)CCS1. The summed E-state index contributed by atoms with van der Waals surface area (Å²) in [6.07, 6.45) is 0.926. The van der Waals surface area contributed by atoms with Crippen molar-refractivity contribution in [3.05, 3.63) is 29.3 Å². The molecule has 2 nitrogen and oxygen atoms in total. The highest BCUT2D eigenvalue weighted by Gasteiger charge is 2.26. The van der Waals surface area contributed by atoms with Crippen molar-refractivity contribution >= 4 is 34.7 Å². The number of nitrogens with two attached hydrogens (primary N) is 1. The van der Waals surface area contributed by atoms with Crippen LogP contribution in [-0.2, 0) is 0 Å². The maximum Gasteiger partial charge on any atom is 0.182 e. The van der Waals surface area contributed by atoms with Crippen LogP contribution in [0.25, 0.3) is 0 Å². The summed E-state index contributed by atoms with van der Waals surface area (Å²) < 4.78 is 28.3. The van der Waals surface area contributed by atoms with Gasteiger partial charge in [-0.15, -0.1) is 0 Å². The summed E-state index contributed by atoms with van der Waals surface area (Å²) >= 11 is 6.57. The Morgan fingerprint density at radius 2 is 2.00 bits per heavy atom. The first-order valence-electron chi connectivity index (χ1n) is 6.48. The zero-order valence-electron chi connectivity index (χ0n) is 11.6. The summed E-state index contributed by atoms with van der Waals surface area (Å²) in [5.74, 6) is -0.920. The molecule has 1 aromatic rings. The smallest absolute Gasteiger partial charge is 0.182 e. The second kappa shape index (κ2) is 5.85. The van der Waals surface area contributed by atoms with Crippen LogP contribution in [-0.4, -0.2) is 28.6 Å². The van der Waals surface area contributed by atoms with Gasteiger partial charge in [0.15, 0.2) is 11.6 Å². The molecule has 0 unspecified atom stereocenters. The van der Waals surface area contributed by atoms with E-state index in [4.69, 9.17) is 18.0 Å². The minimum Gasteiger partial charge on any atom is -0.389 e. The lowest BCUT2D eigenvalue weighted by Crippen LogP contribution is -2.28. The minimum absolute atomic E-state index is 0.0363. The standard InChI is InChI=1S/C14H18F2N2S2/c1-14(2)5-6-18(7-8-20-14)10-4-3-9(13(17)19)11(15)12(10)16/h3-4H,5-8H2,1-2H3,(H2,17,19). The van der Waals surface area contributed by atoms with E-state index in [1.807, 2.05) is 16.7 Å². The molecule has 2 rings (SSSR count). The zero-order chi connectivity index (χ0) is 14.9. The number of hydrogen-bond acceptors (Lipinski definition) is 3. The van der Waals surface area contributed by atoms with Gasteiger partial charge in [-0.05, 0) is 18.6 Å². The van der Waals surface area contributed by atoms with Gasteiger partial charge in [0.2, 0.25) is 0 Å². The Bertz CT molecular complexity index is 532. The van der Waals surface area contributed by atoms with E-state index in [0.29, 0.717) is 18.8 Å². The summed E-state index contributed by atoms with van der Waals surface area (Å²) in [6, 6.07) is 3.02. The predicted molar refractivity (Wildman–Crippen MR) is 85.6 cm³/mol. The molecule has 2 N–H and O–H groups in total. The first-order valence-corrected chi connectivity index (χ1v) is 7.88. The van der Waals surface area contributed by atoms with E-state index in [-0.39, 0.29) is 15.3 Å². The normalized spacial score (nSPS) is 18.7. The molecule has 1 fully saturated rings. The lowest BCUT2D eigenvalue weighted by Gasteiger charge is -2.25. The number of halogens is 2. The van der Waals surface area contributed by atoms with E-state index in [2.05, 4.69) is 13.8 Å². The van der Waals surface area contributed by atoms with E-state index in [1.165, 1.54) is 6.07 Å². The molecule has 1 heterocycles. The van der Waals surface area contributed by atoms with Crippen LogP contribution < -0.4 is 10.6 Å². The third-order valence-corrected chi connectivity index (χ3v) is 5.10. The summed E-state index contributed by atoms with van der Waals surface area (Å²) in [5, 5.41) is 0. The largest absolute Gasteiger partial charge is 0.389 e. The van der Waals surface area contributed by atoms with Crippen LogP contribution in [0.4, 0.5) is 14.5 Å². The Morgan fingerprint density at radius 3 is 2.65 bits per heavy atom. The van der Waals surface area contributed by atoms with E-state index in [0.717, 1.165) is 12.2 Å². The van der Waals surface area contributed by atoms with Gasteiger partial charge in [0.05, 0.1) is 5.69 Å². The number of thiocarbonyl (C=S) groups is 1. The molecule has 0 saturated carbocycles. The lowest BCUT2D eigenvalue weighted by molar-refractivity contribution is 0.503. The van der Waals surface area contributed by atoms with Crippen molar-refractivity contribution in [3.63, 3.8) is 0 Å². The highest BCUT2D eigenvalue weighted by atomic mass is 32.2. The number of rotatable bonds is 2. The van der Waals surface area contributed by atoms with Crippen LogP contribution in [0.2, 0.25) is 0 Å². The molecule has 6 heteroatoms. The molecule has 0 aromatic heterocycles. The van der Waals surface area contributed by atoms with Gasteiger partial charge in [-0.1, -0.05) is 26.1 Å². The van der Waals surface area contributed by atoms with Gasteiger partial charge >= 0.3 is 0 Å². The van der Waals surface area contributed by atoms with Gasteiger partial charge < -0.3 is 10.6 Å². The maximum absolute atomic E-state index is 14.2. The Hall–Kier alpha value is -0.880. The van der Waals surface area contributed by atoms with Crippen molar-refractivity contribution in [1.29, 1.82) is 0 Å². The number of benzene rings is 1. The molecule has 1 aliphatic rings. The summed E-state index contributed by atoms with van der Waals surface area (Å²) in [5.41, 5.74) is 5.64. The molecule has 0 bridgehead atoms. The van der Waals surface area contributed by atoms with Crippen molar-refractivity contribution in [2.75, 3.05) is 23.7 Å². The summed E-state index contributed by atoms with van der Waals surface area (Å²) in [6.45, 7) is 5.77. The number of thioether (sulfide) groups is 1. The van der Waals surface area contributed by atoms with Crippen molar-refractivity contribution < 1.29 is 8.78 Å². The molecule has 1 saturated heterocycles. The van der Waals surface area contributed by atoms with Gasteiger partial charge in [0.1, 0.15) is 4.99 Å². The van der Waals surface area contributed by atoms with Gasteiger partial charge in [0, 0.05) is 29.2 Å². The second-order valence-electron chi connectivity index (χ2n) is 5.47. The fraction of sp³-hybridized carbons (Fsp3) is 0.500. The maximum atomic E-state index is 14.2. The molecule has 0 spiro atoms. The van der Waals surface area contributed by atoms with Crippen molar-refractivity contribution in [2.24, 2.45) is 5.73 Å². The van der Waals surface area contributed by atoms with Gasteiger partial charge in [-0.2, -0.15) is 11.8 Å². The van der Waals surface area contributed by atoms with E-state index in [9.17, 15) is 8.78 Å². The predicted octanol–water partition coefficient (Wildman–Crippen LogP) is 3.32. The Balaban J connectivity index is 2.29. The third-order valence-electron chi connectivity index (χ3n) is 3.51. The fourth-order valence-electron chi connectivity index (χ4n) is 2.24. The molecule has 110 valence electrons. The fourth-order valence-corrected chi connectivity index (χ4v) is 3.49. The molecule has 20 heavy (non-hydrogen) atoms. The van der Waals surface area contributed by atoms with Crippen LogP contribution in [0, 0.1) is 11.6 Å². The third kappa shape index (κ3) is 3.23. The van der Waals surface area contributed by atoms with Crippen LogP contribution >= 0.6 is 24.0 Å². The lowest BCUT2D eigenvalue weighted by atomic mass is 10.1. The van der Waals surface area contributed by atoms with Crippen molar-refractivity contribution in [2.45, 2.75) is 25.0 Å². The van der Waals surface area contributed by atoms with E-state index >= 15 is 0 Å². The van der Waals surface area contributed by atoms with Crippen LogP contribution in [0.15, 0.2) is 12.1 Å². The molecule has 0 aliphatic carbocycles. The average molecular weight is 316 g/mol. The summed E-state index contributed by atoms with van der Waals surface area (Å²) in [4.78, 5) is 1.77. The second-order valence-corrected chi connectivity index (χ2v) is 7.71. The minimum atomic E-state index is -0.953. The van der Waals surface area contributed by atoms with Crippen LogP contribution in [0.5, 0.6) is 0 Å².